The third-order valence-electron chi connectivity index (χ3n) is 2.29. The first-order chi connectivity index (χ1) is 6.09. The lowest BCUT2D eigenvalue weighted by molar-refractivity contribution is 0.447. The number of nitrogens with one attached hydrogen (secondary N) is 1. The zero-order valence-corrected chi connectivity index (χ0v) is 9.69. The molecule has 0 unspecified atom stereocenters. The van der Waals surface area contributed by atoms with E-state index in [0.29, 0.717) is 0 Å². The minimum Gasteiger partial charge on any atom is -0.312 e. The maximum atomic E-state index is 4.24. The first-order valence-corrected chi connectivity index (χ1v) is 4.72. The molecular formula is C9H17ClN4. The first-order valence-electron chi connectivity index (χ1n) is 4.72. The lowest BCUT2D eigenvalue weighted by atomic mass is 9.95. The molecule has 1 aliphatic rings. The van der Waals surface area contributed by atoms with Crippen LogP contribution in [0.1, 0.15) is 32.4 Å². The molecule has 1 aliphatic heterocycles. The molecule has 0 atom stereocenters. The Kier molecular flexibility index (Phi) is 3.17. The van der Waals surface area contributed by atoms with Crippen LogP contribution in [0.5, 0.6) is 0 Å². The molecule has 0 aliphatic carbocycles. The summed E-state index contributed by atoms with van der Waals surface area (Å²) in [6, 6.07) is 0. The zero-order chi connectivity index (χ0) is 9.47. The van der Waals surface area contributed by atoms with Crippen LogP contribution in [0.2, 0.25) is 0 Å². The van der Waals surface area contributed by atoms with Gasteiger partial charge in [0.05, 0.1) is 6.54 Å². The van der Waals surface area contributed by atoms with Crippen LogP contribution in [-0.4, -0.2) is 21.3 Å². The molecule has 14 heavy (non-hydrogen) atoms. The second kappa shape index (κ2) is 3.87. The molecule has 0 saturated carbocycles. The average molecular weight is 217 g/mol. The molecule has 2 rings (SSSR count). The quantitative estimate of drug-likeness (QED) is 0.707. The summed E-state index contributed by atoms with van der Waals surface area (Å²) >= 11 is 0. The molecule has 0 radical (unpaired) electrons. The van der Waals surface area contributed by atoms with E-state index in [4.69, 9.17) is 0 Å². The van der Waals surface area contributed by atoms with Gasteiger partial charge in [0.1, 0.15) is 11.6 Å². The molecule has 2 heterocycles. The number of nitrogens with zero attached hydrogens (tertiary/aromatic N) is 3. The van der Waals surface area contributed by atoms with E-state index in [0.717, 1.165) is 31.3 Å². The summed E-state index contributed by atoms with van der Waals surface area (Å²) in [6.45, 7) is 9.39. The highest BCUT2D eigenvalue weighted by molar-refractivity contribution is 5.85. The maximum absolute atomic E-state index is 4.24. The van der Waals surface area contributed by atoms with Crippen molar-refractivity contribution in [2.75, 3.05) is 6.54 Å². The molecule has 0 amide bonds. The Bertz CT molecular complexity index is 313. The molecule has 0 fully saturated rings. The van der Waals surface area contributed by atoms with Gasteiger partial charge < -0.3 is 9.88 Å². The van der Waals surface area contributed by atoms with Crippen LogP contribution in [0.3, 0.4) is 0 Å². The number of hydrogen-bond donors (Lipinski definition) is 1. The Morgan fingerprint density at radius 2 is 2.00 bits per heavy atom. The number of rotatable bonds is 0. The van der Waals surface area contributed by atoms with Gasteiger partial charge in [0, 0.05) is 18.5 Å². The molecule has 80 valence electrons. The summed E-state index contributed by atoms with van der Waals surface area (Å²) in [7, 11) is 0. The maximum Gasteiger partial charge on any atom is 0.147 e. The molecular weight excluding hydrogens is 200 g/mol. The minimum absolute atomic E-state index is 0. The third-order valence-corrected chi connectivity index (χ3v) is 2.29. The Hall–Kier alpha value is -0.610. The van der Waals surface area contributed by atoms with Gasteiger partial charge in [0.2, 0.25) is 0 Å². The zero-order valence-electron chi connectivity index (χ0n) is 8.87. The summed E-state index contributed by atoms with van der Waals surface area (Å²) < 4.78 is 2.23. The standard InChI is InChI=1S/C9H16N4.ClH/c1-9(2,3)8-12-11-7-6-10-4-5-13(7)8;/h10H,4-6H2,1-3H3;1H. The lowest BCUT2D eigenvalue weighted by Crippen LogP contribution is -2.31. The van der Waals surface area contributed by atoms with E-state index in [9.17, 15) is 0 Å². The van der Waals surface area contributed by atoms with Gasteiger partial charge in [0.15, 0.2) is 0 Å². The Balaban J connectivity index is 0.000000980. The molecule has 1 aromatic rings. The van der Waals surface area contributed by atoms with Gasteiger partial charge in [-0.3, -0.25) is 0 Å². The van der Waals surface area contributed by atoms with E-state index in [1.165, 1.54) is 0 Å². The van der Waals surface area contributed by atoms with Crippen LogP contribution < -0.4 is 5.32 Å². The van der Waals surface area contributed by atoms with Crippen molar-refractivity contribution in [2.45, 2.75) is 39.3 Å². The van der Waals surface area contributed by atoms with Crippen molar-refractivity contribution < 1.29 is 0 Å². The molecule has 0 bridgehead atoms. The molecule has 1 N–H and O–H groups in total. The Labute approximate surface area is 90.5 Å². The molecule has 4 nitrogen and oxygen atoms in total. The van der Waals surface area contributed by atoms with Crippen molar-refractivity contribution in [1.29, 1.82) is 0 Å². The van der Waals surface area contributed by atoms with Gasteiger partial charge >= 0.3 is 0 Å². The van der Waals surface area contributed by atoms with Crippen LogP contribution >= 0.6 is 12.4 Å². The van der Waals surface area contributed by atoms with E-state index >= 15 is 0 Å². The predicted molar refractivity (Wildman–Crippen MR) is 57.7 cm³/mol. The van der Waals surface area contributed by atoms with Gasteiger partial charge in [0.25, 0.3) is 0 Å². The highest BCUT2D eigenvalue weighted by atomic mass is 35.5. The fraction of sp³-hybridized carbons (Fsp3) is 0.778. The highest BCUT2D eigenvalue weighted by Crippen LogP contribution is 2.21. The Morgan fingerprint density at radius 1 is 1.29 bits per heavy atom. The van der Waals surface area contributed by atoms with Crippen molar-refractivity contribution in [3.05, 3.63) is 11.6 Å². The topological polar surface area (TPSA) is 42.7 Å². The number of aromatic nitrogens is 3. The summed E-state index contributed by atoms with van der Waals surface area (Å²) in [5.41, 5.74) is 0.0998. The van der Waals surface area contributed by atoms with Crippen LogP contribution in [0.4, 0.5) is 0 Å². The second-order valence-electron chi connectivity index (χ2n) is 4.52. The van der Waals surface area contributed by atoms with Gasteiger partial charge in [-0.05, 0) is 0 Å². The largest absolute Gasteiger partial charge is 0.312 e. The highest BCUT2D eigenvalue weighted by Gasteiger charge is 2.24. The van der Waals surface area contributed by atoms with Gasteiger partial charge in [-0.15, -0.1) is 22.6 Å². The Morgan fingerprint density at radius 3 is 2.64 bits per heavy atom. The minimum atomic E-state index is 0. The number of hydrogen-bond acceptors (Lipinski definition) is 3. The van der Waals surface area contributed by atoms with Gasteiger partial charge in [-0.1, -0.05) is 20.8 Å². The van der Waals surface area contributed by atoms with E-state index in [1.54, 1.807) is 0 Å². The smallest absolute Gasteiger partial charge is 0.147 e. The van der Waals surface area contributed by atoms with Crippen molar-refractivity contribution in [3.63, 3.8) is 0 Å². The SMILES string of the molecule is CC(C)(C)c1nnc2n1CCNC2.Cl. The predicted octanol–water partition coefficient (Wildman–Crippen LogP) is 1.10. The molecule has 0 aromatic carbocycles. The summed E-state index contributed by atoms with van der Waals surface area (Å²) in [5, 5.41) is 11.7. The fourth-order valence-corrected chi connectivity index (χ4v) is 1.65. The second-order valence-corrected chi connectivity index (χ2v) is 4.52. The number of halogens is 1. The molecule has 1 aromatic heterocycles. The van der Waals surface area contributed by atoms with Gasteiger partial charge in [-0.25, -0.2) is 0 Å². The van der Waals surface area contributed by atoms with E-state index in [-0.39, 0.29) is 17.8 Å². The van der Waals surface area contributed by atoms with Crippen LogP contribution in [0, 0.1) is 0 Å². The van der Waals surface area contributed by atoms with Crippen LogP contribution in [-0.2, 0) is 18.5 Å². The average Bonchev–Trinajstić information content (AvgIpc) is 2.45. The van der Waals surface area contributed by atoms with Crippen LogP contribution in [0.15, 0.2) is 0 Å². The van der Waals surface area contributed by atoms with Crippen molar-refractivity contribution in [3.8, 4) is 0 Å². The summed E-state index contributed by atoms with van der Waals surface area (Å²) in [5.74, 6) is 2.17. The normalized spacial score (nSPS) is 15.9. The van der Waals surface area contributed by atoms with Crippen molar-refractivity contribution in [1.82, 2.24) is 20.1 Å². The van der Waals surface area contributed by atoms with Crippen molar-refractivity contribution in [2.24, 2.45) is 0 Å². The third kappa shape index (κ3) is 1.91. The summed E-state index contributed by atoms with van der Waals surface area (Å²) in [4.78, 5) is 0. The van der Waals surface area contributed by atoms with E-state index < -0.39 is 0 Å². The van der Waals surface area contributed by atoms with Crippen molar-refractivity contribution >= 4 is 12.4 Å². The lowest BCUT2D eigenvalue weighted by Gasteiger charge is -2.22. The molecule has 0 spiro atoms. The molecule has 5 heteroatoms. The van der Waals surface area contributed by atoms with Crippen LogP contribution in [0.25, 0.3) is 0 Å². The van der Waals surface area contributed by atoms with E-state index in [2.05, 4.69) is 40.9 Å². The summed E-state index contributed by atoms with van der Waals surface area (Å²) in [6.07, 6.45) is 0. The fourth-order valence-electron chi connectivity index (χ4n) is 1.65. The monoisotopic (exact) mass is 216 g/mol. The molecule has 0 saturated heterocycles. The first kappa shape index (κ1) is 11.5. The van der Waals surface area contributed by atoms with E-state index in [1.807, 2.05) is 0 Å². The number of fused-ring (bicyclic) bond motifs is 1. The van der Waals surface area contributed by atoms with Gasteiger partial charge in [-0.2, -0.15) is 0 Å².